The minimum atomic E-state index is -3.62. The summed E-state index contributed by atoms with van der Waals surface area (Å²) >= 11 is 4.41. The lowest BCUT2D eigenvalue weighted by atomic mass is 10.2. The van der Waals surface area contributed by atoms with Crippen LogP contribution in [0.15, 0.2) is 33.6 Å². The van der Waals surface area contributed by atoms with E-state index in [1.807, 2.05) is 24.3 Å². The van der Waals surface area contributed by atoms with Gasteiger partial charge in [0.15, 0.2) is 10.7 Å². The van der Waals surface area contributed by atoms with Gasteiger partial charge in [0, 0.05) is 25.1 Å². The quantitative estimate of drug-likeness (QED) is 0.817. The number of nitrogens with two attached hydrogens (primary N) is 1. The van der Waals surface area contributed by atoms with Crippen molar-refractivity contribution in [2.45, 2.75) is 11.4 Å². The summed E-state index contributed by atoms with van der Waals surface area (Å²) in [5.41, 5.74) is 6.73. The predicted octanol–water partition coefficient (Wildman–Crippen LogP) is 2.35. The van der Waals surface area contributed by atoms with Gasteiger partial charge in [-0.25, -0.2) is 12.7 Å². The van der Waals surface area contributed by atoms with Crippen molar-refractivity contribution in [1.82, 2.24) is 8.68 Å². The molecule has 0 aliphatic heterocycles. The molecule has 0 atom stereocenters. The van der Waals surface area contributed by atoms with Gasteiger partial charge in [0.1, 0.15) is 5.00 Å². The third-order valence-corrected chi connectivity index (χ3v) is 6.15. The van der Waals surface area contributed by atoms with Crippen molar-refractivity contribution in [1.29, 1.82) is 0 Å². The fourth-order valence-corrected chi connectivity index (χ4v) is 3.96. The Morgan fingerprint density at radius 3 is 2.52 bits per heavy atom. The Morgan fingerprint density at radius 2 is 1.95 bits per heavy atom. The number of hydrogen-bond acceptors (Lipinski definition) is 6. The number of nitrogens with zero attached hydrogens (tertiary/aromatic N) is 2. The molecule has 114 valence electrons. The number of rotatable bonds is 5. The molecule has 1 heterocycles. The average Bonchev–Trinajstić information content (AvgIpc) is 2.79. The first kappa shape index (κ1) is 16.2. The zero-order valence-electron chi connectivity index (χ0n) is 11.5. The van der Waals surface area contributed by atoms with E-state index < -0.39 is 10.0 Å². The van der Waals surface area contributed by atoms with Crippen molar-refractivity contribution in [3.63, 3.8) is 0 Å². The Kier molecular flexibility index (Phi) is 4.87. The molecule has 0 radical (unpaired) electrons. The average molecular weight is 391 g/mol. The molecule has 0 bridgehead atoms. The second-order valence-corrected chi connectivity index (χ2v) is 8.27. The molecule has 1 aromatic heterocycles. The van der Waals surface area contributed by atoms with Crippen molar-refractivity contribution in [3.05, 3.63) is 34.3 Å². The highest BCUT2D eigenvalue weighted by Gasteiger charge is 2.27. The highest BCUT2D eigenvalue weighted by atomic mass is 79.9. The largest absolute Gasteiger partial charge is 0.382 e. The van der Waals surface area contributed by atoms with Gasteiger partial charge in [-0.1, -0.05) is 28.1 Å². The number of hydrogen-bond donors (Lipinski definition) is 2. The van der Waals surface area contributed by atoms with Crippen molar-refractivity contribution < 1.29 is 8.42 Å². The lowest BCUT2D eigenvalue weighted by molar-refractivity contribution is 0.521. The van der Waals surface area contributed by atoms with E-state index in [1.54, 1.807) is 0 Å². The van der Waals surface area contributed by atoms with Crippen LogP contribution in [0.5, 0.6) is 0 Å². The number of halogens is 1. The van der Waals surface area contributed by atoms with E-state index >= 15 is 0 Å². The first-order valence-electron chi connectivity index (χ1n) is 5.98. The van der Waals surface area contributed by atoms with Crippen molar-refractivity contribution >= 4 is 48.3 Å². The number of benzene rings is 1. The summed E-state index contributed by atoms with van der Waals surface area (Å²) in [7, 11) is -0.693. The van der Waals surface area contributed by atoms with Crippen LogP contribution in [0.2, 0.25) is 0 Å². The molecule has 0 unspecified atom stereocenters. The fourth-order valence-electron chi connectivity index (χ4n) is 1.62. The summed E-state index contributed by atoms with van der Waals surface area (Å²) in [6.07, 6.45) is 0. The molecule has 0 aliphatic rings. The van der Waals surface area contributed by atoms with Crippen LogP contribution >= 0.6 is 27.5 Å². The van der Waals surface area contributed by atoms with Crippen LogP contribution in [0.1, 0.15) is 5.56 Å². The summed E-state index contributed by atoms with van der Waals surface area (Å²) in [6.45, 7) is 0.491. The van der Waals surface area contributed by atoms with Crippen LogP contribution in [0.3, 0.4) is 0 Å². The lowest BCUT2D eigenvalue weighted by Crippen LogP contribution is -2.23. The monoisotopic (exact) mass is 390 g/mol. The van der Waals surface area contributed by atoms with Crippen molar-refractivity contribution in [3.8, 4) is 0 Å². The highest BCUT2D eigenvalue weighted by molar-refractivity contribution is 9.10. The second-order valence-electron chi connectivity index (χ2n) is 4.49. The minimum Gasteiger partial charge on any atom is -0.382 e. The molecule has 0 spiro atoms. The summed E-state index contributed by atoms with van der Waals surface area (Å²) < 4.78 is 30.6. The van der Waals surface area contributed by atoms with Gasteiger partial charge < -0.3 is 11.1 Å². The maximum Gasteiger partial charge on any atom is 0.249 e. The van der Waals surface area contributed by atoms with Gasteiger partial charge in [-0.15, -0.1) is 0 Å². The minimum absolute atomic E-state index is 0.0204. The van der Waals surface area contributed by atoms with Gasteiger partial charge in [0.05, 0.1) is 0 Å². The molecular formula is C12H15BrN4O2S2. The number of anilines is 2. The van der Waals surface area contributed by atoms with E-state index in [0.717, 1.165) is 25.9 Å². The number of nitrogens with one attached hydrogen (secondary N) is 1. The van der Waals surface area contributed by atoms with E-state index in [2.05, 4.69) is 25.6 Å². The van der Waals surface area contributed by atoms with Crippen LogP contribution in [-0.2, 0) is 16.6 Å². The predicted molar refractivity (Wildman–Crippen MR) is 88.9 cm³/mol. The van der Waals surface area contributed by atoms with Crippen LogP contribution < -0.4 is 11.1 Å². The van der Waals surface area contributed by atoms with Crippen LogP contribution in [0.4, 0.5) is 10.8 Å². The standard InChI is InChI=1S/C12H15BrN4O2S2/c1-17(2)21(18,19)10-11(14)16-20-12(10)15-7-8-3-5-9(13)6-4-8/h3-6,15H,7H2,1-2H3,(H2,14,16). The molecule has 2 rings (SSSR count). The topological polar surface area (TPSA) is 88.3 Å². The van der Waals surface area contributed by atoms with Crippen LogP contribution in [-0.4, -0.2) is 31.2 Å². The third kappa shape index (κ3) is 3.54. The molecule has 9 heteroatoms. The van der Waals surface area contributed by atoms with Crippen LogP contribution in [0, 0.1) is 0 Å². The first-order chi connectivity index (χ1) is 9.82. The molecule has 0 amide bonds. The summed E-state index contributed by atoms with van der Waals surface area (Å²) in [6, 6.07) is 7.74. The fraction of sp³-hybridized carbons (Fsp3) is 0.250. The SMILES string of the molecule is CN(C)S(=O)(=O)c1c(N)nsc1NCc1ccc(Br)cc1. The number of sulfonamides is 1. The summed E-state index contributed by atoms with van der Waals surface area (Å²) in [5.74, 6) is 0.0204. The van der Waals surface area contributed by atoms with E-state index in [1.165, 1.54) is 14.1 Å². The van der Waals surface area contributed by atoms with Gasteiger partial charge >= 0.3 is 0 Å². The maximum absolute atomic E-state index is 12.3. The van der Waals surface area contributed by atoms with Gasteiger partial charge in [0.25, 0.3) is 0 Å². The smallest absolute Gasteiger partial charge is 0.249 e. The van der Waals surface area contributed by atoms with Gasteiger partial charge in [-0.3, -0.25) is 0 Å². The van der Waals surface area contributed by atoms with E-state index in [0.29, 0.717) is 11.5 Å². The van der Waals surface area contributed by atoms with E-state index in [9.17, 15) is 8.42 Å². The molecule has 0 saturated heterocycles. The van der Waals surface area contributed by atoms with Gasteiger partial charge in [-0.05, 0) is 29.2 Å². The van der Waals surface area contributed by atoms with E-state index in [-0.39, 0.29) is 10.7 Å². The van der Waals surface area contributed by atoms with Crippen molar-refractivity contribution in [2.75, 3.05) is 25.1 Å². The summed E-state index contributed by atoms with van der Waals surface area (Å²) in [4.78, 5) is 0.0367. The Hall–Kier alpha value is -1.16. The van der Waals surface area contributed by atoms with Crippen LogP contribution in [0.25, 0.3) is 0 Å². The number of nitrogen functional groups attached to an aromatic ring is 1. The second kappa shape index (κ2) is 6.30. The maximum atomic E-state index is 12.3. The Bertz CT molecular complexity index is 726. The molecule has 1 aromatic carbocycles. The molecule has 0 fully saturated rings. The molecule has 0 saturated carbocycles. The Balaban J connectivity index is 2.24. The molecule has 21 heavy (non-hydrogen) atoms. The zero-order valence-corrected chi connectivity index (χ0v) is 14.7. The molecule has 6 nitrogen and oxygen atoms in total. The molecule has 2 aromatic rings. The Labute approximate surface area is 136 Å². The normalized spacial score (nSPS) is 11.8. The first-order valence-corrected chi connectivity index (χ1v) is 8.99. The number of aromatic nitrogens is 1. The summed E-state index contributed by atoms with van der Waals surface area (Å²) in [5, 5.41) is 3.53. The third-order valence-electron chi connectivity index (χ3n) is 2.78. The highest BCUT2D eigenvalue weighted by Crippen LogP contribution is 2.33. The lowest BCUT2D eigenvalue weighted by Gasteiger charge is -2.13. The van der Waals surface area contributed by atoms with Crippen molar-refractivity contribution in [2.24, 2.45) is 0 Å². The Morgan fingerprint density at radius 1 is 1.33 bits per heavy atom. The van der Waals surface area contributed by atoms with Gasteiger partial charge in [0.2, 0.25) is 10.0 Å². The molecule has 0 aliphatic carbocycles. The molecule has 3 N–H and O–H groups in total. The zero-order chi connectivity index (χ0) is 15.6. The van der Waals surface area contributed by atoms with E-state index in [4.69, 9.17) is 5.73 Å². The van der Waals surface area contributed by atoms with Gasteiger partial charge in [-0.2, -0.15) is 4.37 Å². The molecular weight excluding hydrogens is 376 g/mol.